The summed E-state index contributed by atoms with van der Waals surface area (Å²) in [5.74, 6) is -0.774. The van der Waals surface area contributed by atoms with Crippen LogP contribution in [0.5, 0.6) is 0 Å². The quantitative estimate of drug-likeness (QED) is 0.780. The van der Waals surface area contributed by atoms with Crippen molar-refractivity contribution in [2.24, 2.45) is 10.9 Å². The molecule has 0 atom stereocenters. The van der Waals surface area contributed by atoms with Gasteiger partial charge in [0.15, 0.2) is 4.80 Å². The van der Waals surface area contributed by atoms with E-state index < -0.39 is 0 Å². The van der Waals surface area contributed by atoms with Gasteiger partial charge in [-0.1, -0.05) is 41.1 Å². The van der Waals surface area contributed by atoms with Crippen molar-refractivity contribution in [3.63, 3.8) is 0 Å². The molecule has 0 bridgehead atoms. The fourth-order valence-electron chi connectivity index (χ4n) is 1.70. The lowest BCUT2D eigenvalue weighted by molar-refractivity contribution is -0.141. The van der Waals surface area contributed by atoms with Gasteiger partial charge in [-0.2, -0.15) is 4.99 Å². The van der Waals surface area contributed by atoms with E-state index in [1.165, 1.54) is 18.4 Å². The molecule has 0 spiro atoms. The summed E-state index contributed by atoms with van der Waals surface area (Å²) in [4.78, 5) is 28.1. The van der Waals surface area contributed by atoms with Crippen LogP contribution in [0.15, 0.2) is 27.7 Å². The van der Waals surface area contributed by atoms with Gasteiger partial charge < -0.3 is 9.30 Å². The van der Waals surface area contributed by atoms with Gasteiger partial charge in [0.25, 0.3) is 5.91 Å². The highest BCUT2D eigenvalue weighted by molar-refractivity contribution is 9.10. The first kappa shape index (κ1) is 15.9. The molecular weight excluding hydrogens is 356 g/mol. The van der Waals surface area contributed by atoms with Crippen molar-refractivity contribution in [3.8, 4) is 0 Å². The number of nitrogens with zero attached hydrogens (tertiary/aromatic N) is 2. The maximum atomic E-state index is 11.9. The minimum absolute atomic E-state index is 0.0301. The van der Waals surface area contributed by atoms with E-state index in [0.717, 1.165) is 14.7 Å². The molecule has 2 aromatic rings. The van der Waals surface area contributed by atoms with E-state index in [2.05, 4.69) is 20.9 Å². The minimum Gasteiger partial charge on any atom is -0.468 e. The molecular formula is C14H15BrN2O3S. The van der Waals surface area contributed by atoms with Crippen LogP contribution in [-0.2, 0) is 20.9 Å². The molecule has 112 valence electrons. The highest BCUT2D eigenvalue weighted by atomic mass is 79.9. The number of hydrogen-bond donors (Lipinski definition) is 0. The zero-order chi connectivity index (χ0) is 15.6. The fraction of sp³-hybridized carbons (Fsp3) is 0.357. The van der Waals surface area contributed by atoms with Crippen LogP contribution in [-0.4, -0.2) is 23.6 Å². The first-order valence-corrected chi connectivity index (χ1v) is 7.97. The molecule has 0 fully saturated rings. The molecule has 1 heterocycles. The standard InChI is InChI=1S/C14H15BrN2O3S/c1-8(2)13(19)16-14-17(7-12(18)20-3)10-5-4-9(15)6-11(10)21-14/h4-6,8H,7H2,1-3H3. The van der Waals surface area contributed by atoms with Gasteiger partial charge in [-0.25, -0.2) is 0 Å². The lowest BCUT2D eigenvalue weighted by atomic mass is 10.2. The van der Waals surface area contributed by atoms with Crippen LogP contribution < -0.4 is 4.80 Å². The van der Waals surface area contributed by atoms with E-state index in [1.807, 2.05) is 18.2 Å². The topological polar surface area (TPSA) is 60.7 Å². The Morgan fingerprint density at radius 3 is 2.76 bits per heavy atom. The lowest BCUT2D eigenvalue weighted by Crippen LogP contribution is -2.23. The highest BCUT2D eigenvalue weighted by Gasteiger charge is 2.13. The second kappa shape index (κ2) is 6.53. The molecule has 0 saturated carbocycles. The molecule has 1 amide bonds. The highest BCUT2D eigenvalue weighted by Crippen LogP contribution is 2.22. The van der Waals surface area contributed by atoms with Crippen molar-refractivity contribution in [2.75, 3.05) is 7.11 Å². The normalized spacial score (nSPS) is 12.1. The van der Waals surface area contributed by atoms with Gasteiger partial charge in [-0.3, -0.25) is 9.59 Å². The molecule has 1 aromatic carbocycles. The molecule has 5 nitrogen and oxygen atoms in total. The predicted octanol–water partition coefficient (Wildman–Crippen LogP) is 2.72. The number of rotatable bonds is 3. The molecule has 0 aliphatic carbocycles. The lowest BCUT2D eigenvalue weighted by Gasteiger charge is -2.04. The third-order valence-corrected chi connectivity index (χ3v) is 4.39. The van der Waals surface area contributed by atoms with Crippen LogP contribution in [0, 0.1) is 5.92 Å². The summed E-state index contributed by atoms with van der Waals surface area (Å²) < 4.78 is 8.30. The zero-order valence-corrected chi connectivity index (χ0v) is 14.3. The zero-order valence-electron chi connectivity index (χ0n) is 11.9. The van der Waals surface area contributed by atoms with Gasteiger partial charge in [0.2, 0.25) is 0 Å². The maximum absolute atomic E-state index is 11.9. The van der Waals surface area contributed by atoms with Crippen molar-refractivity contribution in [2.45, 2.75) is 20.4 Å². The summed E-state index contributed by atoms with van der Waals surface area (Å²) in [6.07, 6.45) is 0. The van der Waals surface area contributed by atoms with Crippen molar-refractivity contribution < 1.29 is 14.3 Å². The van der Waals surface area contributed by atoms with Crippen LogP contribution in [0.4, 0.5) is 0 Å². The Bertz CT molecular complexity index is 761. The van der Waals surface area contributed by atoms with Crippen LogP contribution >= 0.6 is 27.3 Å². The van der Waals surface area contributed by atoms with Crippen molar-refractivity contribution >= 4 is 49.4 Å². The van der Waals surface area contributed by atoms with Gasteiger partial charge in [-0.05, 0) is 18.2 Å². The van der Waals surface area contributed by atoms with Gasteiger partial charge in [-0.15, -0.1) is 0 Å². The third-order valence-electron chi connectivity index (χ3n) is 2.86. The Balaban J connectivity index is 2.64. The maximum Gasteiger partial charge on any atom is 0.325 e. The number of thiazole rings is 1. The van der Waals surface area contributed by atoms with Gasteiger partial charge >= 0.3 is 5.97 Å². The monoisotopic (exact) mass is 370 g/mol. The van der Waals surface area contributed by atoms with E-state index in [9.17, 15) is 9.59 Å². The van der Waals surface area contributed by atoms with Crippen LogP contribution in [0.25, 0.3) is 10.2 Å². The Kier molecular flexibility index (Phi) is 4.95. The first-order chi connectivity index (χ1) is 9.92. The Morgan fingerprint density at radius 2 is 2.14 bits per heavy atom. The average molecular weight is 371 g/mol. The Hall–Kier alpha value is -1.47. The van der Waals surface area contributed by atoms with Crippen molar-refractivity contribution in [3.05, 3.63) is 27.5 Å². The molecule has 21 heavy (non-hydrogen) atoms. The van der Waals surface area contributed by atoms with Crippen LogP contribution in [0.3, 0.4) is 0 Å². The van der Waals surface area contributed by atoms with Gasteiger partial charge in [0, 0.05) is 10.4 Å². The number of hydrogen-bond acceptors (Lipinski definition) is 4. The van der Waals surface area contributed by atoms with Crippen molar-refractivity contribution in [1.82, 2.24) is 4.57 Å². The second-order valence-electron chi connectivity index (χ2n) is 4.76. The largest absolute Gasteiger partial charge is 0.468 e. The number of amides is 1. The third kappa shape index (κ3) is 3.59. The van der Waals surface area contributed by atoms with E-state index in [4.69, 9.17) is 4.74 Å². The summed E-state index contributed by atoms with van der Waals surface area (Å²) in [6, 6.07) is 5.71. The Labute approximate surface area is 134 Å². The van der Waals surface area contributed by atoms with E-state index in [0.29, 0.717) is 4.80 Å². The fourth-order valence-corrected chi connectivity index (χ4v) is 3.29. The summed E-state index contributed by atoms with van der Waals surface area (Å²) in [5, 5.41) is 0. The molecule has 0 aliphatic rings. The van der Waals surface area contributed by atoms with Crippen LogP contribution in [0.1, 0.15) is 13.8 Å². The number of ether oxygens (including phenoxy) is 1. The summed E-state index contributed by atoms with van der Waals surface area (Å²) in [5.41, 5.74) is 0.851. The molecule has 0 aliphatic heterocycles. The van der Waals surface area contributed by atoms with Gasteiger partial charge in [0.05, 0.1) is 17.3 Å². The Morgan fingerprint density at radius 1 is 1.43 bits per heavy atom. The molecule has 0 unspecified atom stereocenters. The number of fused-ring (bicyclic) bond motifs is 1. The van der Waals surface area contributed by atoms with Gasteiger partial charge in [0.1, 0.15) is 6.54 Å². The number of aromatic nitrogens is 1. The first-order valence-electron chi connectivity index (χ1n) is 6.36. The average Bonchev–Trinajstić information content (AvgIpc) is 2.75. The number of esters is 1. The molecule has 0 N–H and O–H groups in total. The van der Waals surface area contributed by atoms with E-state index in [1.54, 1.807) is 18.4 Å². The molecule has 0 saturated heterocycles. The molecule has 1 aromatic heterocycles. The SMILES string of the molecule is COC(=O)Cn1c(=NC(=O)C(C)C)sc2cc(Br)ccc21. The number of carbonyl (C=O) groups is 2. The number of carbonyl (C=O) groups excluding carboxylic acids is 2. The predicted molar refractivity (Wildman–Crippen MR) is 84.9 cm³/mol. The molecule has 2 rings (SSSR count). The molecule has 7 heteroatoms. The summed E-state index contributed by atoms with van der Waals surface area (Å²) in [7, 11) is 1.34. The second-order valence-corrected chi connectivity index (χ2v) is 6.69. The minimum atomic E-state index is -0.379. The van der Waals surface area contributed by atoms with E-state index in [-0.39, 0.29) is 24.3 Å². The van der Waals surface area contributed by atoms with Crippen molar-refractivity contribution in [1.29, 1.82) is 0 Å². The summed E-state index contributed by atoms with van der Waals surface area (Å²) >= 11 is 4.79. The number of benzene rings is 1. The number of methoxy groups -OCH3 is 1. The van der Waals surface area contributed by atoms with Crippen LogP contribution in [0.2, 0.25) is 0 Å². The van der Waals surface area contributed by atoms with E-state index >= 15 is 0 Å². The smallest absolute Gasteiger partial charge is 0.325 e. The summed E-state index contributed by atoms with van der Waals surface area (Å²) in [6.45, 7) is 3.61. The number of halogens is 1. The molecule has 0 radical (unpaired) electrons.